The molecule has 0 aliphatic heterocycles. The second kappa shape index (κ2) is 16.4. The van der Waals surface area contributed by atoms with Gasteiger partial charge in [-0.2, -0.15) is 0 Å². The Balaban J connectivity index is -0.0000000300. The predicted octanol–water partition coefficient (Wildman–Crippen LogP) is -0.862. The Morgan fingerprint density at radius 2 is 0.800 bits per heavy atom. The summed E-state index contributed by atoms with van der Waals surface area (Å²) in [6.45, 7) is 0. The quantitative estimate of drug-likeness (QED) is 0.316. The minimum atomic E-state index is -1.75. The van der Waals surface area contributed by atoms with Gasteiger partial charge in [0, 0.05) is 26.2 Å². The van der Waals surface area contributed by atoms with Gasteiger partial charge in [-0.25, -0.2) is 0 Å². The zero-order chi connectivity index (χ0) is 7.15. The minimum Gasteiger partial charge on any atom is -0.356 e. The minimum absolute atomic E-state index is 0. The maximum atomic E-state index is 8.25. The summed E-state index contributed by atoms with van der Waals surface area (Å²) in [4.78, 5) is 16.5. The molecule has 0 aromatic rings. The molecule has 0 saturated carbocycles. The smallest absolute Gasteiger partial charge is 0.356 e. The summed E-state index contributed by atoms with van der Waals surface area (Å²) in [6.07, 6.45) is 0. The van der Waals surface area contributed by atoms with E-state index in [1.165, 1.54) is 0 Å². The van der Waals surface area contributed by atoms with Crippen molar-refractivity contribution in [1.29, 1.82) is 0 Å². The van der Waals surface area contributed by atoms with Crippen molar-refractivity contribution in [3.8, 4) is 0 Å². The summed E-state index contributed by atoms with van der Waals surface area (Å²) in [6, 6.07) is 0. The molecule has 10 heavy (non-hydrogen) atoms. The summed E-state index contributed by atoms with van der Waals surface area (Å²) in [5.41, 5.74) is 0. The van der Waals surface area contributed by atoms with E-state index in [1.807, 2.05) is 0 Å². The van der Waals surface area contributed by atoms with Crippen LogP contribution in [0.15, 0.2) is 0 Å². The normalized spacial score (nSPS) is 4.80. The Kier molecular flexibility index (Phi) is 36.9. The van der Waals surface area contributed by atoms with Gasteiger partial charge in [-0.1, -0.05) is 0 Å². The molecule has 0 saturated heterocycles. The summed E-state index contributed by atoms with van der Waals surface area (Å²) in [7, 11) is 0. The standard InChI is InChI=1S/Ba.2NO3.Zr/c;2*2-1(3)4;/q+2;2*-1;. The van der Waals surface area contributed by atoms with Crippen molar-refractivity contribution in [3.05, 3.63) is 30.6 Å². The summed E-state index contributed by atoms with van der Waals surface area (Å²) < 4.78 is 0. The number of hydrogen-bond donors (Lipinski definition) is 0. The van der Waals surface area contributed by atoms with Gasteiger partial charge in [0.05, 0.1) is 10.2 Å². The van der Waals surface area contributed by atoms with Crippen LogP contribution >= 0.6 is 0 Å². The SMILES string of the molecule is O=[N+]([O-])[O-].O=[N+]([O-])[O-].[Ba+2].[Zr]. The van der Waals surface area contributed by atoms with Crippen LogP contribution in [0.4, 0.5) is 0 Å². The first-order valence-corrected chi connectivity index (χ1v) is 1.10. The van der Waals surface area contributed by atoms with E-state index in [2.05, 4.69) is 0 Å². The van der Waals surface area contributed by atoms with Gasteiger partial charge in [0.1, 0.15) is 0 Å². The van der Waals surface area contributed by atoms with E-state index in [-0.39, 0.29) is 75.1 Å². The summed E-state index contributed by atoms with van der Waals surface area (Å²) in [5, 5.41) is 29.5. The average molecular weight is 353 g/mol. The van der Waals surface area contributed by atoms with Crippen LogP contribution in [0.2, 0.25) is 0 Å². The van der Waals surface area contributed by atoms with Crippen LogP contribution in [-0.2, 0) is 26.2 Å². The largest absolute Gasteiger partial charge is 2.00 e. The molecular formula is BaN2O6Zr. The number of nitrogens with zero attached hydrogens (tertiary/aromatic N) is 2. The van der Waals surface area contributed by atoms with Crippen LogP contribution in [0.1, 0.15) is 0 Å². The van der Waals surface area contributed by atoms with Crippen molar-refractivity contribution in [2.75, 3.05) is 0 Å². The van der Waals surface area contributed by atoms with Crippen LogP contribution in [0, 0.1) is 30.6 Å². The molecule has 0 rings (SSSR count). The predicted molar refractivity (Wildman–Crippen MR) is 26.5 cm³/mol. The molecule has 0 fully saturated rings. The van der Waals surface area contributed by atoms with Crippen LogP contribution in [0.5, 0.6) is 0 Å². The van der Waals surface area contributed by atoms with Gasteiger partial charge in [-0.15, -0.1) is 0 Å². The molecule has 0 aromatic heterocycles. The van der Waals surface area contributed by atoms with Gasteiger partial charge < -0.3 is 30.6 Å². The number of rotatable bonds is 0. The molecule has 0 radical (unpaired) electrons. The van der Waals surface area contributed by atoms with Gasteiger partial charge in [0.25, 0.3) is 0 Å². The second-order valence-electron chi connectivity index (χ2n) is 0.447. The molecular weight excluding hydrogens is 353 g/mol. The first-order chi connectivity index (χ1) is 3.46. The average Bonchev–Trinajstić information content (AvgIpc) is 1.25. The molecule has 0 N–H and O–H groups in total. The zero-order valence-electron chi connectivity index (χ0n) is 4.55. The molecule has 0 amide bonds. The van der Waals surface area contributed by atoms with Crippen LogP contribution < -0.4 is 0 Å². The van der Waals surface area contributed by atoms with E-state index < -0.39 is 10.2 Å². The van der Waals surface area contributed by atoms with Gasteiger partial charge >= 0.3 is 48.9 Å². The van der Waals surface area contributed by atoms with Crippen LogP contribution in [-0.4, -0.2) is 59.1 Å². The van der Waals surface area contributed by atoms with E-state index in [4.69, 9.17) is 30.6 Å². The van der Waals surface area contributed by atoms with Crippen molar-refractivity contribution >= 4 is 48.9 Å². The van der Waals surface area contributed by atoms with Crippen molar-refractivity contribution in [1.82, 2.24) is 0 Å². The van der Waals surface area contributed by atoms with E-state index in [9.17, 15) is 0 Å². The molecule has 0 aromatic carbocycles. The Morgan fingerprint density at radius 1 is 0.800 bits per heavy atom. The molecule has 8 nitrogen and oxygen atoms in total. The summed E-state index contributed by atoms with van der Waals surface area (Å²) in [5.74, 6) is 0. The third-order valence-corrected chi connectivity index (χ3v) is 0. The topological polar surface area (TPSA) is 132 Å². The first-order valence-electron chi connectivity index (χ1n) is 1.10. The third-order valence-electron chi connectivity index (χ3n) is 0. The molecule has 0 unspecified atom stereocenters. The Bertz CT molecular complexity index is 73.7. The monoisotopic (exact) mass is 352 g/mol. The molecule has 0 bridgehead atoms. The van der Waals surface area contributed by atoms with Gasteiger partial charge in [-0.05, 0) is 0 Å². The fourth-order valence-electron chi connectivity index (χ4n) is 0. The maximum Gasteiger partial charge on any atom is 2.00 e. The first kappa shape index (κ1) is 22.4. The van der Waals surface area contributed by atoms with E-state index in [1.54, 1.807) is 0 Å². The van der Waals surface area contributed by atoms with Gasteiger partial charge in [-0.3, -0.25) is 0 Å². The van der Waals surface area contributed by atoms with Gasteiger partial charge in [0.15, 0.2) is 0 Å². The van der Waals surface area contributed by atoms with E-state index in [0.29, 0.717) is 0 Å². The molecule has 0 aliphatic carbocycles. The Labute approximate surface area is 114 Å². The summed E-state index contributed by atoms with van der Waals surface area (Å²) >= 11 is 0. The van der Waals surface area contributed by atoms with Crippen LogP contribution in [0.3, 0.4) is 0 Å². The van der Waals surface area contributed by atoms with E-state index in [0.717, 1.165) is 0 Å². The van der Waals surface area contributed by atoms with Crippen molar-refractivity contribution in [2.45, 2.75) is 0 Å². The number of hydrogen-bond acceptors (Lipinski definition) is 6. The molecule has 52 valence electrons. The van der Waals surface area contributed by atoms with Crippen LogP contribution in [0.25, 0.3) is 0 Å². The van der Waals surface area contributed by atoms with Crippen molar-refractivity contribution in [3.63, 3.8) is 0 Å². The van der Waals surface area contributed by atoms with Gasteiger partial charge in [0.2, 0.25) is 0 Å². The molecule has 0 heterocycles. The molecule has 0 spiro atoms. The van der Waals surface area contributed by atoms with Crippen molar-refractivity contribution in [2.24, 2.45) is 0 Å². The fraction of sp³-hybridized carbons (Fsp3) is 0. The fourth-order valence-corrected chi connectivity index (χ4v) is 0. The zero-order valence-corrected chi connectivity index (χ0v) is 11.4. The molecule has 0 aliphatic rings. The van der Waals surface area contributed by atoms with Crippen molar-refractivity contribution < 1.29 is 36.4 Å². The Morgan fingerprint density at radius 3 is 0.800 bits per heavy atom. The molecule has 0 atom stereocenters. The third kappa shape index (κ3) is 748. The van der Waals surface area contributed by atoms with E-state index >= 15 is 0 Å². The molecule has 10 heteroatoms. The Hall–Kier alpha value is 0.855. The second-order valence-corrected chi connectivity index (χ2v) is 0.447. The maximum absolute atomic E-state index is 8.25.